The molecule has 5 rings (SSSR count). The lowest BCUT2D eigenvalue weighted by Crippen LogP contribution is -2.53. The number of carbonyl (C=O) groups is 1. The lowest BCUT2D eigenvalue weighted by atomic mass is 9.44. The number of nitrogens with two attached hydrogens (primary N) is 2. The molecular weight excluding hydrogens is 468 g/mol. The molecule has 0 radical (unpaired) electrons. The van der Waals surface area contributed by atoms with Crippen LogP contribution in [0, 0.1) is 52.3 Å². The van der Waals surface area contributed by atoms with Gasteiger partial charge in [0.15, 0.2) is 0 Å². The molecule has 0 saturated heterocycles. The van der Waals surface area contributed by atoms with Crippen LogP contribution in [0.2, 0.25) is 0 Å². The Morgan fingerprint density at radius 2 is 1.55 bits per heavy atom. The van der Waals surface area contributed by atoms with Crippen molar-refractivity contribution in [2.24, 2.45) is 52.3 Å². The Bertz CT molecular complexity index is 940. The molecule has 214 valence electrons. The number of hydrogen-bond acceptors (Lipinski definition) is 3. The van der Waals surface area contributed by atoms with Crippen molar-refractivity contribution in [2.45, 2.75) is 118 Å². The molecule has 0 spiro atoms. The van der Waals surface area contributed by atoms with E-state index in [2.05, 4.69) is 34.6 Å². The quantitative estimate of drug-likeness (QED) is 0.324. The van der Waals surface area contributed by atoms with Gasteiger partial charge in [0.2, 0.25) is 0 Å². The van der Waals surface area contributed by atoms with E-state index in [1.54, 1.807) is 51.4 Å². The van der Waals surface area contributed by atoms with E-state index in [-0.39, 0.29) is 5.56 Å². The Labute approximate surface area is 232 Å². The first-order chi connectivity index (χ1) is 18.0. The lowest BCUT2D eigenvalue weighted by Gasteiger charge is -2.61. The highest BCUT2D eigenvalue weighted by atomic mass is 16.4. The molecule has 1 aromatic carbocycles. The molecule has 4 nitrogen and oxygen atoms in total. The van der Waals surface area contributed by atoms with Crippen molar-refractivity contribution in [1.29, 1.82) is 0 Å². The molecule has 0 amide bonds. The van der Waals surface area contributed by atoms with Crippen LogP contribution in [0.25, 0.3) is 0 Å². The Kier molecular flexibility index (Phi) is 9.09. The summed E-state index contributed by atoms with van der Waals surface area (Å²) in [4.78, 5) is 10.4. The summed E-state index contributed by atoms with van der Waals surface area (Å²) in [6.45, 7) is 12.9. The highest BCUT2D eigenvalue weighted by Gasteiger charge is 2.60. The Balaban J connectivity index is 0.000000257. The van der Waals surface area contributed by atoms with Gasteiger partial charge in [0.05, 0.1) is 5.56 Å². The molecule has 8 atom stereocenters. The average Bonchev–Trinajstić information content (AvgIpc) is 3.20. The molecule has 2 unspecified atom stereocenters. The van der Waals surface area contributed by atoms with Crippen molar-refractivity contribution in [3.05, 3.63) is 23.8 Å². The van der Waals surface area contributed by atoms with E-state index in [0.717, 1.165) is 41.4 Å². The van der Waals surface area contributed by atoms with E-state index in [9.17, 15) is 4.79 Å². The van der Waals surface area contributed by atoms with Crippen LogP contribution in [-0.4, -0.2) is 11.1 Å². The van der Waals surface area contributed by atoms with Crippen LogP contribution in [0.4, 0.5) is 11.4 Å². The summed E-state index contributed by atoms with van der Waals surface area (Å²) in [6, 6.07) is 4.23. The zero-order chi connectivity index (χ0) is 27.7. The number of carboxylic acid groups (broad SMARTS) is 1. The second kappa shape index (κ2) is 11.8. The first-order valence-electron chi connectivity index (χ1n) is 15.8. The van der Waals surface area contributed by atoms with Gasteiger partial charge in [0, 0.05) is 11.4 Å². The number of anilines is 2. The van der Waals surface area contributed by atoms with Crippen molar-refractivity contribution in [1.82, 2.24) is 0 Å². The summed E-state index contributed by atoms with van der Waals surface area (Å²) >= 11 is 0. The first kappa shape index (κ1) is 29.3. The maximum atomic E-state index is 10.4. The number of hydrogen-bond donors (Lipinski definition) is 3. The van der Waals surface area contributed by atoms with Crippen LogP contribution in [0.1, 0.15) is 128 Å². The minimum absolute atomic E-state index is 0.113. The molecule has 5 N–H and O–H groups in total. The van der Waals surface area contributed by atoms with Crippen LogP contribution in [0.3, 0.4) is 0 Å². The SMILES string of the molecule is CC(C)CCCC(C)[C@H]1CC[C@H]2[C@@H]3CCC4CCCC[C@]4(C)[C@H]3CC[C@]12C.Nc1cc(N)cc(C(=O)O)c1. The minimum atomic E-state index is -1.02. The molecule has 1 aromatic rings. The average molecular weight is 525 g/mol. The molecule has 4 heteroatoms. The zero-order valence-corrected chi connectivity index (χ0v) is 25.0. The molecule has 4 fully saturated rings. The minimum Gasteiger partial charge on any atom is -0.478 e. The van der Waals surface area contributed by atoms with E-state index in [1.807, 2.05) is 0 Å². The summed E-state index contributed by atoms with van der Waals surface area (Å²) in [5.74, 6) is 6.12. The highest BCUT2D eigenvalue weighted by Crippen LogP contribution is 2.68. The fourth-order valence-corrected chi connectivity index (χ4v) is 10.1. The molecule has 4 aliphatic rings. The van der Waals surface area contributed by atoms with Crippen LogP contribution in [-0.2, 0) is 0 Å². The smallest absolute Gasteiger partial charge is 0.335 e. The van der Waals surface area contributed by atoms with Crippen molar-refractivity contribution >= 4 is 17.3 Å². The van der Waals surface area contributed by atoms with Gasteiger partial charge in [0.25, 0.3) is 0 Å². The van der Waals surface area contributed by atoms with E-state index >= 15 is 0 Å². The lowest BCUT2D eigenvalue weighted by molar-refractivity contribution is -0.114. The van der Waals surface area contributed by atoms with Crippen LogP contribution < -0.4 is 11.5 Å². The number of carboxylic acids is 1. The van der Waals surface area contributed by atoms with Crippen LogP contribution in [0.5, 0.6) is 0 Å². The zero-order valence-electron chi connectivity index (χ0n) is 25.0. The van der Waals surface area contributed by atoms with Gasteiger partial charge in [-0.2, -0.15) is 0 Å². The monoisotopic (exact) mass is 524 g/mol. The second-order valence-corrected chi connectivity index (χ2v) is 14.6. The van der Waals surface area contributed by atoms with Gasteiger partial charge in [-0.25, -0.2) is 4.79 Å². The summed E-state index contributed by atoms with van der Waals surface area (Å²) in [6.07, 6.45) is 19.9. The van der Waals surface area contributed by atoms with Crippen molar-refractivity contribution in [2.75, 3.05) is 11.5 Å². The van der Waals surface area contributed by atoms with Crippen LogP contribution in [0.15, 0.2) is 18.2 Å². The van der Waals surface area contributed by atoms with Gasteiger partial charge in [-0.1, -0.05) is 66.7 Å². The van der Waals surface area contributed by atoms with Gasteiger partial charge in [-0.05, 0) is 122 Å². The number of fused-ring (bicyclic) bond motifs is 5. The van der Waals surface area contributed by atoms with Crippen molar-refractivity contribution in [3.8, 4) is 0 Å². The van der Waals surface area contributed by atoms with Crippen molar-refractivity contribution < 1.29 is 9.90 Å². The van der Waals surface area contributed by atoms with Gasteiger partial charge in [-0.3, -0.25) is 0 Å². The second-order valence-electron chi connectivity index (χ2n) is 14.6. The number of rotatable bonds is 6. The molecule has 4 saturated carbocycles. The third-order valence-electron chi connectivity index (χ3n) is 12.0. The Hall–Kier alpha value is -1.71. The maximum Gasteiger partial charge on any atom is 0.335 e. The van der Waals surface area contributed by atoms with E-state index in [1.165, 1.54) is 50.3 Å². The van der Waals surface area contributed by atoms with Gasteiger partial charge < -0.3 is 16.6 Å². The number of nitrogen functional groups attached to an aromatic ring is 2. The fourth-order valence-electron chi connectivity index (χ4n) is 10.1. The highest BCUT2D eigenvalue weighted by molar-refractivity contribution is 5.90. The summed E-state index contributed by atoms with van der Waals surface area (Å²) < 4.78 is 0. The maximum absolute atomic E-state index is 10.4. The Morgan fingerprint density at radius 3 is 2.21 bits per heavy atom. The predicted octanol–water partition coefficient (Wildman–Crippen LogP) is 9.05. The summed E-state index contributed by atoms with van der Waals surface area (Å²) in [7, 11) is 0. The molecule has 38 heavy (non-hydrogen) atoms. The van der Waals surface area contributed by atoms with Crippen molar-refractivity contribution in [3.63, 3.8) is 0 Å². The van der Waals surface area contributed by atoms with Gasteiger partial charge in [0.1, 0.15) is 0 Å². The predicted molar refractivity (Wildman–Crippen MR) is 160 cm³/mol. The van der Waals surface area contributed by atoms with E-state index in [0.29, 0.717) is 22.2 Å². The molecule has 0 bridgehead atoms. The fraction of sp³-hybridized carbons (Fsp3) is 0.794. The normalized spacial score (nSPS) is 36.8. The number of benzene rings is 1. The molecular formula is C34H56N2O2. The standard InChI is InChI=1S/C27H48.C7H8N2O2/c1-19(2)9-8-10-20(3)23-14-15-24-22-13-12-21-11-6-7-17-26(21,4)25(22)16-18-27(23,24)5;8-5-1-4(7(10)11)2-6(9)3-5/h19-25H,6-18H2,1-5H3;1-3H,8-9H2,(H,10,11)/t20?,21?,22-,23+,24-,25-,26-,27+;/m0./s1. The van der Waals surface area contributed by atoms with E-state index < -0.39 is 5.97 Å². The van der Waals surface area contributed by atoms with Gasteiger partial charge in [-0.15, -0.1) is 0 Å². The molecule has 0 aromatic heterocycles. The topological polar surface area (TPSA) is 89.3 Å². The Morgan fingerprint density at radius 1 is 0.868 bits per heavy atom. The molecule has 4 aliphatic carbocycles. The van der Waals surface area contributed by atoms with E-state index in [4.69, 9.17) is 16.6 Å². The number of aromatic carboxylic acids is 1. The third-order valence-corrected chi connectivity index (χ3v) is 12.0. The summed E-state index contributed by atoms with van der Waals surface area (Å²) in [5, 5.41) is 8.52. The molecule has 0 heterocycles. The van der Waals surface area contributed by atoms with Crippen LogP contribution >= 0.6 is 0 Å². The third kappa shape index (κ3) is 5.89. The summed E-state index contributed by atoms with van der Waals surface area (Å²) in [5.41, 5.74) is 12.9. The van der Waals surface area contributed by atoms with Gasteiger partial charge >= 0.3 is 5.97 Å². The molecule has 0 aliphatic heterocycles. The first-order valence-corrected chi connectivity index (χ1v) is 15.8. The largest absolute Gasteiger partial charge is 0.478 e.